The van der Waals surface area contributed by atoms with E-state index in [2.05, 4.69) is 33.0 Å². The Morgan fingerprint density at radius 2 is 1.68 bits per heavy atom. The highest BCUT2D eigenvalue weighted by atomic mass is 16.4. The fraction of sp³-hybridized carbons (Fsp3) is 0.562. The first-order valence-corrected chi connectivity index (χ1v) is 6.79. The van der Waals surface area contributed by atoms with Crippen LogP contribution >= 0.6 is 0 Å². The molecule has 1 aliphatic rings. The van der Waals surface area contributed by atoms with Crippen LogP contribution in [0.15, 0.2) is 24.3 Å². The number of rotatable bonds is 5. The van der Waals surface area contributed by atoms with E-state index in [0.717, 1.165) is 17.7 Å². The molecule has 1 aromatic rings. The summed E-state index contributed by atoms with van der Waals surface area (Å²) < 4.78 is 0. The lowest BCUT2D eigenvalue weighted by Gasteiger charge is -2.10. The van der Waals surface area contributed by atoms with Gasteiger partial charge in [0.2, 0.25) is 0 Å². The van der Waals surface area contributed by atoms with Crippen molar-refractivity contribution >= 4 is 5.97 Å². The third-order valence-electron chi connectivity index (χ3n) is 4.98. The SMILES string of the molecule is CC1(C)C(NCc2ccccc2CC(=O)O)C1(C)C. The van der Waals surface area contributed by atoms with Gasteiger partial charge in [0.25, 0.3) is 0 Å². The average molecular weight is 261 g/mol. The molecule has 1 saturated carbocycles. The van der Waals surface area contributed by atoms with Gasteiger partial charge in [-0.05, 0) is 22.0 Å². The number of carbonyl (C=O) groups is 1. The van der Waals surface area contributed by atoms with E-state index >= 15 is 0 Å². The first-order chi connectivity index (χ1) is 8.76. The normalized spacial score (nSPS) is 20.2. The van der Waals surface area contributed by atoms with Crippen LogP contribution in [0.2, 0.25) is 0 Å². The quantitative estimate of drug-likeness (QED) is 0.857. The number of nitrogens with one attached hydrogen (secondary N) is 1. The Morgan fingerprint density at radius 3 is 2.16 bits per heavy atom. The number of hydrogen-bond donors (Lipinski definition) is 2. The van der Waals surface area contributed by atoms with Crippen LogP contribution in [0.25, 0.3) is 0 Å². The zero-order valence-corrected chi connectivity index (χ0v) is 12.2. The topological polar surface area (TPSA) is 49.3 Å². The van der Waals surface area contributed by atoms with E-state index in [9.17, 15) is 4.79 Å². The second kappa shape index (κ2) is 4.64. The van der Waals surface area contributed by atoms with Gasteiger partial charge < -0.3 is 10.4 Å². The van der Waals surface area contributed by atoms with Gasteiger partial charge in [-0.25, -0.2) is 0 Å². The standard InChI is InChI=1S/C16H23NO2/c1-15(2)14(16(15,3)4)17-10-12-8-6-5-7-11(12)9-13(18)19/h5-8,14,17H,9-10H2,1-4H3,(H,18,19). The maximum atomic E-state index is 10.9. The molecule has 0 heterocycles. The summed E-state index contributed by atoms with van der Waals surface area (Å²) in [7, 11) is 0. The summed E-state index contributed by atoms with van der Waals surface area (Å²) in [4.78, 5) is 10.9. The molecule has 0 radical (unpaired) electrons. The maximum Gasteiger partial charge on any atom is 0.307 e. The summed E-state index contributed by atoms with van der Waals surface area (Å²) in [6, 6.07) is 8.25. The van der Waals surface area contributed by atoms with E-state index in [1.807, 2.05) is 24.3 Å². The molecule has 2 N–H and O–H groups in total. The van der Waals surface area contributed by atoms with Gasteiger partial charge in [-0.15, -0.1) is 0 Å². The predicted octanol–water partition coefficient (Wildman–Crippen LogP) is 2.84. The maximum absolute atomic E-state index is 10.9. The van der Waals surface area contributed by atoms with Gasteiger partial charge in [0.05, 0.1) is 6.42 Å². The molecule has 19 heavy (non-hydrogen) atoms. The lowest BCUT2D eigenvalue weighted by atomic mass is 10.0. The van der Waals surface area contributed by atoms with E-state index in [0.29, 0.717) is 16.9 Å². The second-order valence-electron chi connectivity index (χ2n) is 6.60. The van der Waals surface area contributed by atoms with E-state index in [1.54, 1.807) is 0 Å². The molecule has 2 rings (SSSR count). The van der Waals surface area contributed by atoms with Crippen LogP contribution < -0.4 is 5.32 Å². The third-order valence-corrected chi connectivity index (χ3v) is 4.98. The van der Waals surface area contributed by atoms with Gasteiger partial charge in [-0.2, -0.15) is 0 Å². The molecule has 3 heteroatoms. The first-order valence-electron chi connectivity index (χ1n) is 6.79. The van der Waals surface area contributed by atoms with Crippen molar-refractivity contribution in [2.45, 2.75) is 46.7 Å². The molecule has 0 atom stereocenters. The lowest BCUT2D eigenvalue weighted by Crippen LogP contribution is -2.22. The molecule has 0 aromatic heterocycles. The van der Waals surface area contributed by atoms with Crippen LogP contribution in [0.3, 0.4) is 0 Å². The minimum atomic E-state index is -0.778. The molecular formula is C16H23NO2. The van der Waals surface area contributed by atoms with E-state index < -0.39 is 5.97 Å². The Morgan fingerprint density at radius 1 is 1.16 bits per heavy atom. The van der Waals surface area contributed by atoms with Crippen molar-refractivity contribution in [1.29, 1.82) is 0 Å². The molecule has 0 bridgehead atoms. The van der Waals surface area contributed by atoms with Crippen molar-refractivity contribution < 1.29 is 9.90 Å². The van der Waals surface area contributed by atoms with Crippen LogP contribution in [0.5, 0.6) is 0 Å². The Kier molecular flexibility index (Phi) is 3.43. The smallest absolute Gasteiger partial charge is 0.307 e. The van der Waals surface area contributed by atoms with Crippen LogP contribution in [-0.4, -0.2) is 17.1 Å². The molecule has 1 aliphatic carbocycles. The Bertz CT molecular complexity index is 477. The summed E-state index contributed by atoms with van der Waals surface area (Å²) in [5.41, 5.74) is 2.59. The van der Waals surface area contributed by atoms with Crippen molar-refractivity contribution in [2.75, 3.05) is 0 Å². The fourth-order valence-corrected chi connectivity index (χ4v) is 2.98. The largest absolute Gasteiger partial charge is 0.481 e. The molecule has 0 unspecified atom stereocenters. The average Bonchev–Trinajstić information content (AvgIpc) is 2.68. The van der Waals surface area contributed by atoms with Gasteiger partial charge in [0, 0.05) is 12.6 Å². The highest BCUT2D eigenvalue weighted by molar-refractivity contribution is 5.70. The van der Waals surface area contributed by atoms with E-state index in [1.165, 1.54) is 0 Å². The number of hydrogen-bond acceptors (Lipinski definition) is 2. The Hall–Kier alpha value is -1.35. The Balaban J connectivity index is 2.03. The van der Waals surface area contributed by atoms with Crippen molar-refractivity contribution in [2.24, 2.45) is 10.8 Å². The van der Waals surface area contributed by atoms with Gasteiger partial charge in [0.1, 0.15) is 0 Å². The van der Waals surface area contributed by atoms with E-state index in [-0.39, 0.29) is 6.42 Å². The third kappa shape index (κ3) is 2.52. The highest BCUT2D eigenvalue weighted by Gasteiger charge is 2.64. The minimum Gasteiger partial charge on any atom is -0.481 e. The molecule has 0 amide bonds. The summed E-state index contributed by atoms with van der Waals surface area (Å²) in [6.07, 6.45) is 0.0926. The number of benzene rings is 1. The van der Waals surface area contributed by atoms with Crippen LogP contribution in [0, 0.1) is 10.8 Å². The van der Waals surface area contributed by atoms with Gasteiger partial charge in [0.15, 0.2) is 0 Å². The van der Waals surface area contributed by atoms with Crippen molar-refractivity contribution in [3.05, 3.63) is 35.4 Å². The molecule has 1 aromatic carbocycles. The molecule has 0 spiro atoms. The molecule has 1 fully saturated rings. The number of aliphatic carboxylic acids is 1. The van der Waals surface area contributed by atoms with Gasteiger partial charge >= 0.3 is 5.97 Å². The number of carboxylic acids is 1. The number of carboxylic acid groups (broad SMARTS) is 1. The van der Waals surface area contributed by atoms with Crippen LogP contribution in [0.1, 0.15) is 38.8 Å². The van der Waals surface area contributed by atoms with Crippen molar-refractivity contribution in [1.82, 2.24) is 5.32 Å². The predicted molar refractivity (Wildman–Crippen MR) is 76.0 cm³/mol. The van der Waals surface area contributed by atoms with E-state index in [4.69, 9.17) is 5.11 Å². The molecule has 104 valence electrons. The molecular weight excluding hydrogens is 238 g/mol. The second-order valence-corrected chi connectivity index (χ2v) is 6.60. The Labute approximate surface area is 115 Å². The fourth-order valence-electron chi connectivity index (χ4n) is 2.98. The van der Waals surface area contributed by atoms with Crippen LogP contribution in [-0.2, 0) is 17.8 Å². The first kappa shape index (κ1) is 14.1. The monoisotopic (exact) mass is 261 g/mol. The van der Waals surface area contributed by atoms with Crippen LogP contribution in [0.4, 0.5) is 0 Å². The summed E-state index contributed by atoms with van der Waals surface area (Å²) in [5.74, 6) is -0.778. The minimum absolute atomic E-state index is 0.0926. The zero-order valence-electron chi connectivity index (χ0n) is 12.2. The molecule has 3 nitrogen and oxygen atoms in total. The highest BCUT2D eigenvalue weighted by Crippen LogP contribution is 2.62. The zero-order chi connectivity index (χ0) is 14.3. The molecule has 0 aliphatic heterocycles. The lowest BCUT2D eigenvalue weighted by molar-refractivity contribution is -0.136. The van der Waals surface area contributed by atoms with Gasteiger partial charge in [-0.1, -0.05) is 52.0 Å². The molecule has 0 saturated heterocycles. The summed E-state index contributed by atoms with van der Waals surface area (Å²) >= 11 is 0. The summed E-state index contributed by atoms with van der Waals surface area (Å²) in [5, 5.41) is 12.5. The summed E-state index contributed by atoms with van der Waals surface area (Å²) in [6.45, 7) is 9.82. The van der Waals surface area contributed by atoms with Gasteiger partial charge in [-0.3, -0.25) is 4.79 Å². The van der Waals surface area contributed by atoms with Crippen molar-refractivity contribution in [3.8, 4) is 0 Å². The van der Waals surface area contributed by atoms with Crippen molar-refractivity contribution in [3.63, 3.8) is 0 Å².